The smallest absolute Gasteiger partial charge is 0.168 e. The molecule has 0 N–H and O–H groups in total. The fraction of sp³-hybridized carbons (Fsp3) is 1.00. The van der Waals surface area contributed by atoms with Crippen molar-refractivity contribution in [3.05, 3.63) is 0 Å². The summed E-state index contributed by atoms with van der Waals surface area (Å²) < 4.78 is 11.8. The molecule has 92 valence electrons. The molecule has 0 aromatic carbocycles. The van der Waals surface area contributed by atoms with Gasteiger partial charge in [-0.05, 0) is 37.0 Å². The van der Waals surface area contributed by atoms with Crippen molar-refractivity contribution in [3.63, 3.8) is 0 Å². The van der Waals surface area contributed by atoms with E-state index in [-0.39, 0.29) is 5.79 Å². The third-order valence-corrected chi connectivity index (χ3v) is 5.04. The fourth-order valence-corrected chi connectivity index (χ4v) is 3.77. The molecule has 1 saturated heterocycles. The van der Waals surface area contributed by atoms with Crippen molar-refractivity contribution in [2.75, 3.05) is 13.2 Å². The first-order chi connectivity index (χ1) is 7.79. The van der Waals surface area contributed by atoms with E-state index >= 15 is 0 Å². The van der Waals surface area contributed by atoms with Crippen LogP contribution in [0.15, 0.2) is 0 Å². The van der Waals surface area contributed by atoms with Crippen LogP contribution in [0.1, 0.15) is 58.3 Å². The first-order valence-electron chi connectivity index (χ1n) is 7.07. The van der Waals surface area contributed by atoms with Crippen molar-refractivity contribution in [3.8, 4) is 0 Å². The van der Waals surface area contributed by atoms with Gasteiger partial charge in [0, 0.05) is 12.8 Å². The van der Waals surface area contributed by atoms with E-state index in [0.29, 0.717) is 0 Å². The van der Waals surface area contributed by atoms with E-state index in [1.165, 1.54) is 44.9 Å². The number of hydrogen-bond acceptors (Lipinski definition) is 2. The summed E-state index contributed by atoms with van der Waals surface area (Å²) in [6.45, 7) is 3.92. The summed E-state index contributed by atoms with van der Waals surface area (Å²) in [5, 5.41) is 0. The molecule has 2 aliphatic carbocycles. The second kappa shape index (κ2) is 3.99. The molecule has 0 aromatic rings. The van der Waals surface area contributed by atoms with E-state index in [2.05, 4.69) is 6.92 Å². The Labute approximate surface area is 98.7 Å². The minimum absolute atomic E-state index is 0.160. The molecule has 2 saturated carbocycles. The highest BCUT2D eigenvalue weighted by atomic mass is 16.7. The molecular formula is C14H24O2. The van der Waals surface area contributed by atoms with Crippen LogP contribution >= 0.6 is 0 Å². The molecule has 16 heavy (non-hydrogen) atoms. The maximum atomic E-state index is 5.89. The van der Waals surface area contributed by atoms with E-state index in [0.717, 1.165) is 31.0 Å². The summed E-state index contributed by atoms with van der Waals surface area (Å²) in [6.07, 6.45) is 10.7. The Bertz CT molecular complexity index is 251. The Hall–Kier alpha value is -0.0800. The summed E-state index contributed by atoms with van der Waals surface area (Å²) in [5.41, 5.74) is 0.718. The Morgan fingerprint density at radius 3 is 2.38 bits per heavy atom. The van der Waals surface area contributed by atoms with Gasteiger partial charge in [-0.25, -0.2) is 0 Å². The lowest BCUT2D eigenvalue weighted by Gasteiger charge is -2.41. The van der Waals surface area contributed by atoms with E-state index in [9.17, 15) is 0 Å². The van der Waals surface area contributed by atoms with Crippen LogP contribution in [-0.2, 0) is 9.47 Å². The topological polar surface area (TPSA) is 18.5 Å². The molecule has 1 aliphatic heterocycles. The highest BCUT2D eigenvalue weighted by molar-refractivity contribution is 5.04. The van der Waals surface area contributed by atoms with Crippen LogP contribution in [0.3, 0.4) is 0 Å². The highest BCUT2D eigenvalue weighted by Crippen LogP contribution is 2.63. The lowest BCUT2D eigenvalue weighted by atomic mass is 9.71. The summed E-state index contributed by atoms with van der Waals surface area (Å²) >= 11 is 0. The van der Waals surface area contributed by atoms with Crippen LogP contribution in [0, 0.1) is 11.3 Å². The normalized spacial score (nSPS) is 34.7. The number of rotatable bonds is 3. The average Bonchev–Trinajstić information content (AvgIpc) is 2.95. The Kier molecular flexibility index (Phi) is 2.75. The van der Waals surface area contributed by atoms with Gasteiger partial charge in [-0.3, -0.25) is 0 Å². The van der Waals surface area contributed by atoms with Gasteiger partial charge in [0.25, 0.3) is 0 Å². The van der Waals surface area contributed by atoms with Gasteiger partial charge in [0.1, 0.15) is 0 Å². The minimum atomic E-state index is -0.160. The van der Waals surface area contributed by atoms with Crippen LogP contribution in [0.25, 0.3) is 0 Å². The van der Waals surface area contributed by atoms with Gasteiger partial charge in [-0.2, -0.15) is 0 Å². The molecule has 0 radical (unpaired) electrons. The van der Waals surface area contributed by atoms with Gasteiger partial charge in [0.2, 0.25) is 0 Å². The Morgan fingerprint density at radius 1 is 1.06 bits per heavy atom. The SMILES string of the molecule is CCCCC1CC2(CCC13CC3)OCCO2. The standard InChI is InChI=1S/C14H24O2/c1-2-3-4-12-11-14(15-9-10-16-14)8-7-13(12)5-6-13/h12H,2-11H2,1H3. The molecule has 3 fully saturated rings. The molecule has 1 atom stereocenters. The van der Waals surface area contributed by atoms with Crippen molar-refractivity contribution < 1.29 is 9.47 Å². The molecule has 3 aliphatic rings. The maximum Gasteiger partial charge on any atom is 0.168 e. The third kappa shape index (κ3) is 1.80. The largest absolute Gasteiger partial charge is 0.348 e. The lowest BCUT2D eigenvalue weighted by molar-refractivity contribution is -0.198. The molecule has 0 amide bonds. The quantitative estimate of drug-likeness (QED) is 0.730. The molecule has 3 rings (SSSR count). The second-order valence-corrected chi connectivity index (χ2v) is 6.01. The third-order valence-electron chi connectivity index (χ3n) is 5.04. The van der Waals surface area contributed by atoms with Crippen molar-refractivity contribution in [2.45, 2.75) is 64.1 Å². The van der Waals surface area contributed by atoms with Gasteiger partial charge in [-0.1, -0.05) is 19.8 Å². The molecule has 1 heterocycles. The highest BCUT2D eigenvalue weighted by Gasteiger charge is 2.56. The van der Waals surface area contributed by atoms with Gasteiger partial charge in [0.05, 0.1) is 13.2 Å². The van der Waals surface area contributed by atoms with Crippen molar-refractivity contribution in [1.82, 2.24) is 0 Å². The first-order valence-corrected chi connectivity index (χ1v) is 7.07. The minimum Gasteiger partial charge on any atom is -0.348 e. The van der Waals surface area contributed by atoms with E-state index in [1.54, 1.807) is 0 Å². The second-order valence-electron chi connectivity index (χ2n) is 6.01. The van der Waals surface area contributed by atoms with E-state index < -0.39 is 0 Å². The predicted molar refractivity (Wildman–Crippen MR) is 63.2 cm³/mol. The molecule has 2 spiro atoms. The van der Waals surface area contributed by atoms with Gasteiger partial charge in [-0.15, -0.1) is 0 Å². The lowest BCUT2D eigenvalue weighted by Crippen LogP contribution is -2.41. The van der Waals surface area contributed by atoms with Crippen LogP contribution in [-0.4, -0.2) is 19.0 Å². The number of ether oxygens (including phenoxy) is 2. The average molecular weight is 224 g/mol. The molecule has 2 nitrogen and oxygen atoms in total. The molecule has 0 aromatic heterocycles. The van der Waals surface area contributed by atoms with Crippen LogP contribution in [0.2, 0.25) is 0 Å². The Morgan fingerprint density at radius 2 is 1.75 bits per heavy atom. The van der Waals surface area contributed by atoms with Gasteiger partial charge >= 0.3 is 0 Å². The van der Waals surface area contributed by atoms with Gasteiger partial charge < -0.3 is 9.47 Å². The zero-order chi connectivity index (χ0) is 11.1. The molecule has 1 unspecified atom stereocenters. The van der Waals surface area contributed by atoms with Crippen molar-refractivity contribution >= 4 is 0 Å². The zero-order valence-corrected chi connectivity index (χ0v) is 10.5. The number of unbranched alkanes of at least 4 members (excludes halogenated alkanes) is 1. The summed E-state index contributed by atoms with van der Waals surface area (Å²) in [7, 11) is 0. The molecule has 0 bridgehead atoms. The summed E-state index contributed by atoms with van der Waals surface area (Å²) in [5.74, 6) is 0.714. The van der Waals surface area contributed by atoms with Crippen molar-refractivity contribution in [1.29, 1.82) is 0 Å². The molecular weight excluding hydrogens is 200 g/mol. The summed E-state index contributed by atoms with van der Waals surface area (Å²) in [6, 6.07) is 0. The van der Waals surface area contributed by atoms with E-state index in [1.807, 2.05) is 0 Å². The van der Waals surface area contributed by atoms with Crippen LogP contribution in [0.5, 0.6) is 0 Å². The summed E-state index contributed by atoms with van der Waals surface area (Å²) in [4.78, 5) is 0. The van der Waals surface area contributed by atoms with Crippen LogP contribution < -0.4 is 0 Å². The van der Waals surface area contributed by atoms with Crippen molar-refractivity contribution in [2.24, 2.45) is 11.3 Å². The van der Waals surface area contributed by atoms with E-state index in [4.69, 9.17) is 9.47 Å². The van der Waals surface area contributed by atoms with Gasteiger partial charge in [0.15, 0.2) is 5.79 Å². The Balaban J connectivity index is 1.67. The first kappa shape index (κ1) is 11.0. The molecule has 2 heteroatoms. The monoisotopic (exact) mass is 224 g/mol. The zero-order valence-electron chi connectivity index (χ0n) is 10.5. The maximum absolute atomic E-state index is 5.89. The number of hydrogen-bond donors (Lipinski definition) is 0. The predicted octanol–water partition coefficient (Wildman–Crippen LogP) is 3.50. The fourth-order valence-electron chi connectivity index (χ4n) is 3.77. The van der Waals surface area contributed by atoms with Crippen LogP contribution in [0.4, 0.5) is 0 Å².